The molecule has 37 heavy (non-hydrogen) atoms. The van der Waals surface area contributed by atoms with Crippen molar-refractivity contribution >= 4 is 47.1 Å². The number of nitrogens with zero attached hydrogens (tertiary/aromatic N) is 1. The average Bonchev–Trinajstić information content (AvgIpc) is 3.41. The van der Waals surface area contributed by atoms with Crippen molar-refractivity contribution in [2.75, 3.05) is 5.32 Å². The molecule has 0 radical (unpaired) electrons. The Morgan fingerprint density at radius 3 is 2.59 bits per heavy atom. The third-order valence-electron chi connectivity index (χ3n) is 5.67. The molecule has 0 saturated heterocycles. The number of carbonyl (C=O) groups excluding carboxylic acids is 2. The summed E-state index contributed by atoms with van der Waals surface area (Å²) in [5.74, 6) is 1.58. The van der Waals surface area contributed by atoms with Gasteiger partial charge in [-0.25, -0.2) is 5.43 Å². The molecule has 0 atom stereocenters. The molecular weight excluding hydrogens is 506 g/mol. The molecule has 0 unspecified atom stereocenters. The Morgan fingerprint density at radius 2 is 1.81 bits per heavy atom. The van der Waals surface area contributed by atoms with Crippen LogP contribution in [0.3, 0.4) is 0 Å². The molecule has 0 saturated carbocycles. The van der Waals surface area contributed by atoms with Crippen molar-refractivity contribution in [1.29, 1.82) is 0 Å². The average molecular weight is 532 g/mol. The molecule has 0 bridgehead atoms. The van der Waals surface area contributed by atoms with Crippen LogP contribution in [0.2, 0.25) is 5.02 Å². The van der Waals surface area contributed by atoms with Crippen LogP contribution >= 0.6 is 23.4 Å². The van der Waals surface area contributed by atoms with E-state index in [0.29, 0.717) is 16.3 Å². The Bertz CT molecular complexity index is 1430. The van der Waals surface area contributed by atoms with Crippen LogP contribution in [0.15, 0.2) is 88.6 Å². The van der Waals surface area contributed by atoms with Crippen molar-refractivity contribution in [3.63, 3.8) is 0 Å². The number of nitrogens with one attached hydrogen (secondary N) is 2. The van der Waals surface area contributed by atoms with Gasteiger partial charge in [-0.3, -0.25) is 9.59 Å². The maximum absolute atomic E-state index is 13.0. The molecular formula is C29H26ClN3O3S. The van der Waals surface area contributed by atoms with Gasteiger partial charge in [0.05, 0.1) is 29.5 Å². The highest BCUT2D eigenvalue weighted by molar-refractivity contribution is 7.97. The molecule has 8 heteroatoms. The van der Waals surface area contributed by atoms with Crippen LogP contribution in [0, 0.1) is 13.8 Å². The van der Waals surface area contributed by atoms with E-state index in [-0.39, 0.29) is 11.5 Å². The summed E-state index contributed by atoms with van der Waals surface area (Å²) in [6, 6.07) is 21.8. The minimum absolute atomic E-state index is 0.211. The standard InChI is InChI=1S/C29H26ClN3O3S/c1-19-8-9-21(13-20(19)2)16-31-33-29(35)26-15-24(30)10-11-27(26)32-28(34)23-6-3-5-22(14-23)17-37-18-25-7-4-12-36-25/h3-16H,17-18H2,1-2H3,(H,32,34)(H,33,35)/b31-16+. The fraction of sp³-hybridized carbons (Fsp3) is 0.138. The van der Waals surface area contributed by atoms with Gasteiger partial charge in [-0.2, -0.15) is 5.10 Å². The maximum Gasteiger partial charge on any atom is 0.273 e. The lowest BCUT2D eigenvalue weighted by molar-refractivity contribution is 0.0956. The summed E-state index contributed by atoms with van der Waals surface area (Å²) in [6.45, 7) is 4.05. The molecule has 1 aromatic heterocycles. The summed E-state index contributed by atoms with van der Waals surface area (Å²) in [7, 11) is 0. The molecule has 2 amide bonds. The van der Waals surface area contributed by atoms with Gasteiger partial charge in [-0.05, 0) is 78.6 Å². The Hall–Kier alpha value is -3.81. The minimum Gasteiger partial charge on any atom is -0.468 e. The van der Waals surface area contributed by atoms with Crippen LogP contribution in [-0.4, -0.2) is 18.0 Å². The van der Waals surface area contributed by atoms with E-state index in [1.54, 1.807) is 42.4 Å². The van der Waals surface area contributed by atoms with E-state index in [2.05, 4.69) is 15.8 Å². The normalized spacial score (nSPS) is 11.0. The van der Waals surface area contributed by atoms with E-state index in [9.17, 15) is 9.59 Å². The molecule has 4 rings (SSSR count). The second-order valence-electron chi connectivity index (χ2n) is 8.46. The van der Waals surface area contributed by atoms with Crippen LogP contribution in [0.4, 0.5) is 5.69 Å². The zero-order chi connectivity index (χ0) is 26.2. The fourth-order valence-corrected chi connectivity index (χ4v) is 4.60. The van der Waals surface area contributed by atoms with Crippen LogP contribution in [0.1, 0.15) is 48.7 Å². The monoisotopic (exact) mass is 531 g/mol. The quantitative estimate of drug-likeness (QED) is 0.180. The van der Waals surface area contributed by atoms with Gasteiger partial charge in [0.25, 0.3) is 11.8 Å². The number of rotatable bonds is 9. The molecule has 3 aromatic carbocycles. The number of hydrogen-bond donors (Lipinski definition) is 2. The SMILES string of the molecule is Cc1ccc(/C=N/NC(=O)c2cc(Cl)ccc2NC(=O)c2cccc(CSCc3ccco3)c2)cc1C. The van der Waals surface area contributed by atoms with Gasteiger partial charge < -0.3 is 9.73 Å². The highest BCUT2D eigenvalue weighted by atomic mass is 35.5. The summed E-state index contributed by atoms with van der Waals surface area (Å²) >= 11 is 7.84. The minimum atomic E-state index is -0.485. The molecule has 2 N–H and O–H groups in total. The van der Waals surface area contributed by atoms with Gasteiger partial charge in [0.1, 0.15) is 5.76 Å². The predicted molar refractivity (Wildman–Crippen MR) is 151 cm³/mol. The highest BCUT2D eigenvalue weighted by Gasteiger charge is 2.15. The number of hydrazone groups is 1. The first-order valence-corrected chi connectivity index (χ1v) is 13.1. The summed E-state index contributed by atoms with van der Waals surface area (Å²) in [6.07, 6.45) is 3.23. The number of carbonyl (C=O) groups is 2. The molecule has 188 valence electrons. The Kier molecular flexibility index (Phi) is 8.82. The van der Waals surface area contributed by atoms with Gasteiger partial charge in [-0.15, -0.1) is 11.8 Å². The van der Waals surface area contributed by atoms with Crippen LogP contribution < -0.4 is 10.7 Å². The molecule has 6 nitrogen and oxygen atoms in total. The van der Waals surface area contributed by atoms with E-state index < -0.39 is 5.91 Å². The molecule has 0 aliphatic heterocycles. The predicted octanol–water partition coefficient (Wildman–Crippen LogP) is 7.00. The lowest BCUT2D eigenvalue weighted by Crippen LogP contribution is -2.21. The van der Waals surface area contributed by atoms with E-state index in [1.165, 1.54) is 11.6 Å². The van der Waals surface area contributed by atoms with Gasteiger partial charge in [0, 0.05) is 16.3 Å². The second-order valence-corrected chi connectivity index (χ2v) is 9.88. The van der Waals surface area contributed by atoms with Crippen LogP contribution in [-0.2, 0) is 11.5 Å². The third-order valence-corrected chi connectivity index (χ3v) is 6.93. The number of furan rings is 1. The first-order chi connectivity index (χ1) is 17.9. The summed E-state index contributed by atoms with van der Waals surface area (Å²) < 4.78 is 5.36. The number of benzene rings is 3. The van der Waals surface area contributed by atoms with Crippen LogP contribution in [0.25, 0.3) is 0 Å². The van der Waals surface area contributed by atoms with E-state index in [4.69, 9.17) is 16.0 Å². The summed E-state index contributed by atoms with van der Waals surface area (Å²) in [4.78, 5) is 25.9. The smallest absolute Gasteiger partial charge is 0.273 e. The van der Waals surface area contributed by atoms with Gasteiger partial charge in [-0.1, -0.05) is 41.9 Å². The van der Waals surface area contributed by atoms with Crippen LogP contribution in [0.5, 0.6) is 0 Å². The molecule has 1 heterocycles. The number of amides is 2. The fourth-order valence-electron chi connectivity index (χ4n) is 3.54. The second kappa shape index (κ2) is 12.4. The molecule has 0 aliphatic carbocycles. The van der Waals surface area contributed by atoms with Crippen molar-refractivity contribution in [2.45, 2.75) is 25.4 Å². The van der Waals surface area contributed by atoms with Crippen molar-refractivity contribution < 1.29 is 14.0 Å². The topological polar surface area (TPSA) is 83.7 Å². The molecule has 0 spiro atoms. The Labute approximate surface area is 225 Å². The lowest BCUT2D eigenvalue weighted by atomic mass is 10.1. The largest absolute Gasteiger partial charge is 0.468 e. The third kappa shape index (κ3) is 7.35. The molecule has 4 aromatic rings. The summed E-state index contributed by atoms with van der Waals surface area (Å²) in [5, 5.41) is 7.27. The van der Waals surface area contributed by atoms with Crippen molar-refractivity contribution in [3.8, 4) is 0 Å². The van der Waals surface area contributed by atoms with Gasteiger partial charge >= 0.3 is 0 Å². The Balaban J connectivity index is 1.42. The number of halogens is 1. The Morgan fingerprint density at radius 1 is 0.946 bits per heavy atom. The number of hydrogen-bond acceptors (Lipinski definition) is 5. The van der Waals surface area contributed by atoms with E-state index in [0.717, 1.165) is 34.0 Å². The maximum atomic E-state index is 13.0. The first-order valence-electron chi connectivity index (χ1n) is 11.6. The van der Waals surface area contributed by atoms with Crippen molar-refractivity contribution in [3.05, 3.63) is 123 Å². The van der Waals surface area contributed by atoms with Gasteiger partial charge in [0.2, 0.25) is 0 Å². The molecule has 0 aliphatic rings. The van der Waals surface area contributed by atoms with Crippen molar-refractivity contribution in [1.82, 2.24) is 5.43 Å². The van der Waals surface area contributed by atoms with E-state index in [1.807, 2.05) is 62.4 Å². The lowest BCUT2D eigenvalue weighted by Gasteiger charge is -2.11. The zero-order valence-corrected chi connectivity index (χ0v) is 22.0. The number of thioether (sulfide) groups is 1. The van der Waals surface area contributed by atoms with Crippen molar-refractivity contribution in [2.24, 2.45) is 5.10 Å². The first kappa shape index (κ1) is 26.3. The number of anilines is 1. The molecule has 0 fully saturated rings. The van der Waals surface area contributed by atoms with E-state index >= 15 is 0 Å². The zero-order valence-electron chi connectivity index (χ0n) is 20.5. The highest BCUT2D eigenvalue weighted by Crippen LogP contribution is 2.23. The van der Waals surface area contributed by atoms with Gasteiger partial charge in [0.15, 0.2) is 0 Å². The number of aryl methyl sites for hydroxylation is 2. The summed E-state index contributed by atoms with van der Waals surface area (Å²) in [5.41, 5.74) is 7.75.